The van der Waals surface area contributed by atoms with Gasteiger partial charge in [-0.15, -0.1) is 0 Å². The van der Waals surface area contributed by atoms with E-state index in [1.54, 1.807) is 48.7 Å². The van der Waals surface area contributed by atoms with E-state index >= 15 is 0 Å². The van der Waals surface area contributed by atoms with E-state index < -0.39 is 5.97 Å². The second-order valence-electron chi connectivity index (χ2n) is 4.48. The molecule has 1 aromatic carbocycles. The lowest BCUT2D eigenvalue weighted by Gasteiger charge is -2.09. The van der Waals surface area contributed by atoms with E-state index in [2.05, 4.69) is 9.97 Å². The number of aromatic nitrogens is 2. The van der Waals surface area contributed by atoms with E-state index in [0.29, 0.717) is 17.1 Å². The molecule has 0 saturated carbocycles. The maximum absolute atomic E-state index is 11.3. The van der Waals surface area contributed by atoms with Gasteiger partial charge in [-0.2, -0.15) is 0 Å². The summed E-state index contributed by atoms with van der Waals surface area (Å²) in [4.78, 5) is 19.8. The van der Waals surface area contributed by atoms with Crippen LogP contribution in [0, 0.1) is 0 Å². The minimum atomic E-state index is -1.09. The van der Waals surface area contributed by atoms with Gasteiger partial charge in [0.25, 0.3) is 0 Å². The van der Waals surface area contributed by atoms with Gasteiger partial charge in [-0.3, -0.25) is 4.98 Å². The highest BCUT2D eigenvalue weighted by Gasteiger charge is 2.15. The Morgan fingerprint density at radius 2 is 1.68 bits per heavy atom. The van der Waals surface area contributed by atoms with Crippen LogP contribution in [0.4, 0.5) is 0 Å². The van der Waals surface area contributed by atoms with Gasteiger partial charge in [0, 0.05) is 6.20 Å². The van der Waals surface area contributed by atoms with Crippen LogP contribution in [0.5, 0.6) is 11.6 Å². The van der Waals surface area contributed by atoms with Crippen molar-refractivity contribution < 1.29 is 14.6 Å². The van der Waals surface area contributed by atoms with Crippen molar-refractivity contribution in [2.45, 2.75) is 0 Å². The molecule has 0 bridgehead atoms. The third-order valence-corrected chi connectivity index (χ3v) is 2.98. The average molecular weight is 292 g/mol. The maximum atomic E-state index is 11.3. The molecule has 0 amide bonds. The van der Waals surface area contributed by atoms with Gasteiger partial charge in [0.1, 0.15) is 11.3 Å². The lowest BCUT2D eigenvalue weighted by atomic mass is 10.2. The summed E-state index contributed by atoms with van der Waals surface area (Å²) < 4.78 is 5.61. The van der Waals surface area contributed by atoms with Gasteiger partial charge in [0.2, 0.25) is 5.88 Å². The van der Waals surface area contributed by atoms with Crippen molar-refractivity contribution in [1.82, 2.24) is 9.97 Å². The zero-order chi connectivity index (χ0) is 15.4. The summed E-state index contributed by atoms with van der Waals surface area (Å²) in [5.74, 6) is -0.525. The van der Waals surface area contributed by atoms with Gasteiger partial charge in [0.15, 0.2) is 0 Å². The zero-order valence-electron chi connectivity index (χ0n) is 11.5. The van der Waals surface area contributed by atoms with Crippen molar-refractivity contribution in [2.24, 2.45) is 0 Å². The number of benzene rings is 1. The lowest BCUT2D eigenvalue weighted by Crippen LogP contribution is -2.03. The minimum absolute atomic E-state index is 0.00327. The van der Waals surface area contributed by atoms with Crippen LogP contribution in [0.2, 0.25) is 0 Å². The standard InChI is InChI=1S/C17H12N2O3/c20-17(21)13-9-10-15(14-8-4-5-11-18-14)19-16(13)22-12-6-2-1-3-7-12/h1-11H,(H,20,21). The van der Waals surface area contributed by atoms with Gasteiger partial charge in [-0.05, 0) is 36.4 Å². The van der Waals surface area contributed by atoms with Crippen molar-refractivity contribution in [3.63, 3.8) is 0 Å². The quantitative estimate of drug-likeness (QED) is 0.795. The van der Waals surface area contributed by atoms with Crippen LogP contribution in [-0.2, 0) is 0 Å². The fourth-order valence-corrected chi connectivity index (χ4v) is 1.94. The number of carboxylic acids is 1. The summed E-state index contributed by atoms with van der Waals surface area (Å²) in [5, 5.41) is 9.27. The molecule has 5 nitrogen and oxygen atoms in total. The Morgan fingerprint density at radius 1 is 0.909 bits per heavy atom. The first kappa shape index (κ1) is 13.8. The summed E-state index contributed by atoms with van der Waals surface area (Å²) in [7, 11) is 0. The van der Waals surface area contributed by atoms with Crippen LogP contribution in [0.3, 0.4) is 0 Å². The number of hydrogen-bond donors (Lipinski definition) is 1. The van der Waals surface area contributed by atoms with Crippen molar-refractivity contribution in [2.75, 3.05) is 0 Å². The molecule has 5 heteroatoms. The molecular formula is C17H12N2O3. The van der Waals surface area contributed by atoms with Gasteiger partial charge < -0.3 is 9.84 Å². The van der Waals surface area contributed by atoms with Gasteiger partial charge in [-0.1, -0.05) is 24.3 Å². The summed E-state index contributed by atoms with van der Waals surface area (Å²) >= 11 is 0. The number of nitrogens with zero attached hydrogens (tertiary/aromatic N) is 2. The molecule has 0 spiro atoms. The number of ether oxygens (including phenoxy) is 1. The number of aromatic carboxylic acids is 1. The monoisotopic (exact) mass is 292 g/mol. The first-order valence-electron chi connectivity index (χ1n) is 6.63. The summed E-state index contributed by atoms with van der Waals surface area (Å²) in [6, 6.07) is 17.5. The molecular weight excluding hydrogens is 280 g/mol. The highest BCUT2D eigenvalue weighted by atomic mass is 16.5. The van der Waals surface area contributed by atoms with Crippen LogP contribution < -0.4 is 4.74 Å². The van der Waals surface area contributed by atoms with Crippen LogP contribution in [0.1, 0.15) is 10.4 Å². The molecule has 0 aliphatic heterocycles. The van der Waals surface area contributed by atoms with Crippen LogP contribution in [0.15, 0.2) is 66.9 Å². The second-order valence-corrected chi connectivity index (χ2v) is 4.48. The molecule has 22 heavy (non-hydrogen) atoms. The first-order valence-corrected chi connectivity index (χ1v) is 6.63. The smallest absolute Gasteiger partial charge is 0.341 e. The Morgan fingerprint density at radius 3 is 2.36 bits per heavy atom. The highest BCUT2D eigenvalue weighted by molar-refractivity contribution is 5.90. The molecule has 1 N–H and O–H groups in total. The fraction of sp³-hybridized carbons (Fsp3) is 0. The summed E-state index contributed by atoms with van der Waals surface area (Å²) in [5.41, 5.74) is 1.21. The largest absolute Gasteiger partial charge is 0.477 e. The Balaban J connectivity index is 2.03. The topological polar surface area (TPSA) is 72.3 Å². The lowest BCUT2D eigenvalue weighted by molar-refractivity contribution is 0.0693. The Kier molecular flexibility index (Phi) is 3.78. The minimum Gasteiger partial charge on any atom is -0.477 e. The fourth-order valence-electron chi connectivity index (χ4n) is 1.94. The molecule has 0 aliphatic carbocycles. The number of pyridine rings is 2. The van der Waals surface area contributed by atoms with E-state index in [9.17, 15) is 9.90 Å². The van der Waals surface area contributed by atoms with E-state index in [1.807, 2.05) is 12.1 Å². The maximum Gasteiger partial charge on any atom is 0.341 e. The molecule has 0 atom stereocenters. The molecule has 0 fully saturated rings. The SMILES string of the molecule is O=C(O)c1ccc(-c2ccccn2)nc1Oc1ccccc1. The molecule has 2 aromatic heterocycles. The first-order chi connectivity index (χ1) is 10.7. The molecule has 0 radical (unpaired) electrons. The number of para-hydroxylation sites is 1. The van der Waals surface area contributed by atoms with Gasteiger partial charge in [-0.25, -0.2) is 9.78 Å². The average Bonchev–Trinajstić information content (AvgIpc) is 2.56. The van der Waals surface area contributed by atoms with Crippen molar-refractivity contribution in [3.8, 4) is 23.0 Å². The molecule has 2 heterocycles. The van der Waals surface area contributed by atoms with Crippen molar-refractivity contribution in [3.05, 3.63) is 72.4 Å². The predicted octanol–water partition coefficient (Wildman–Crippen LogP) is 3.63. The molecule has 3 aromatic rings. The second kappa shape index (κ2) is 6.05. The van der Waals surface area contributed by atoms with E-state index in [1.165, 1.54) is 6.07 Å². The summed E-state index contributed by atoms with van der Waals surface area (Å²) in [6.45, 7) is 0. The van der Waals surface area contributed by atoms with Crippen molar-refractivity contribution in [1.29, 1.82) is 0 Å². The van der Waals surface area contributed by atoms with E-state index in [0.717, 1.165) is 0 Å². The number of hydrogen-bond acceptors (Lipinski definition) is 4. The third kappa shape index (κ3) is 2.93. The van der Waals surface area contributed by atoms with Crippen LogP contribution >= 0.6 is 0 Å². The van der Waals surface area contributed by atoms with Crippen LogP contribution in [-0.4, -0.2) is 21.0 Å². The highest BCUT2D eigenvalue weighted by Crippen LogP contribution is 2.26. The molecule has 3 rings (SSSR count). The van der Waals surface area contributed by atoms with Crippen LogP contribution in [0.25, 0.3) is 11.4 Å². The van der Waals surface area contributed by atoms with Gasteiger partial charge >= 0.3 is 5.97 Å². The molecule has 108 valence electrons. The third-order valence-electron chi connectivity index (χ3n) is 2.98. The number of carbonyl (C=O) groups is 1. The number of rotatable bonds is 4. The molecule has 0 saturated heterocycles. The molecule has 0 aliphatic rings. The van der Waals surface area contributed by atoms with E-state index in [4.69, 9.17) is 4.74 Å². The predicted molar refractivity (Wildman–Crippen MR) is 80.9 cm³/mol. The Hall–Kier alpha value is -3.21. The van der Waals surface area contributed by atoms with Crippen molar-refractivity contribution >= 4 is 5.97 Å². The summed E-state index contributed by atoms with van der Waals surface area (Å²) in [6.07, 6.45) is 1.65. The zero-order valence-corrected chi connectivity index (χ0v) is 11.5. The Labute approximate surface area is 126 Å². The Bertz CT molecular complexity index is 790. The normalized spacial score (nSPS) is 10.2. The van der Waals surface area contributed by atoms with Gasteiger partial charge in [0.05, 0.1) is 11.4 Å². The number of carboxylic acid groups (broad SMARTS) is 1. The molecule has 0 unspecified atom stereocenters. The van der Waals surface area contributed by atoms with E-state index in [-0.39, 0.29) is 11.4 Å².